The van der Waals surface area contributed by atoms with E-state index < -0.39 is 23.5 Å². The van der Waals surface area contributed by atoms with Crippen molar-refractivity contribution in [2.45, 2.75) is 58.4 Å². The SMILES string of the molecule is C=N[C@@H](CCC(=C)Cc1cc(C(F)(F)F)cc(C(F)(F)F)c1)C(C)(C)C. The lowest BCUT2D eigenvalue weighted by atomic mass is 9.83. The van der Waals surface area contributed by atoms with Crippen LogP contribution in [0.3, 0.4) is 0 Å². The molecule has 0 saturated carbocycles. The number of hydrogen-bond donors (Lipinski definition) is 0. The van der Waals surface area contributed by atoms with E-state index in [2.05, 4.69) is 18.3 Å². The second kappa shape index (κ2) is 7.84. The van der Waals surface area contributed by atoms with Gasteiger partial charge in [-0.3, -0.25) is 4.99 Å². The molecule has 1 nitrogen and oxygen atoms in total. The van der Waals surface area contributed by atoms with Crippen molar-refractivity contribution in [3.8, 4) is 0 Å². The molecule has 0 fully saturated rings. The molecule has 1 rings (SSSR count). The molecule has 0 aromatic heterocycles. The standard InChI is InChI=1S/C19H23F6N/c1-12(6-7-16(26-5)17(2,3)4)8-13-9-14(18(20,21)22)11-15(10-13)19(23,24)25/h9-11,16H,1,5-8H2,2-4H3/t16-/m0/s1. The minimum atomic E-state index is -4.85. The predicted octanol–water partition coefficient (Wildman–Crippen LogP) is 6.72. The number of alkyl halides is 6. The molecule has 0 aliphatic rings. The highest BCUT2D eigenvalue weighted by atomic mass is 19.4. The molecule has 0 unspecified atom stereocenters. The highest BCUT2D eigenvalue weighted by Crippen LogP contribution is 2.37. The zero-order chi connectivity index (χ0) is 20.3. The molecule has 146 valence electrons. The molecule has 0 amide bonds. The van der Waals surface area contributed by atoms with Gasteiger partial charge < -0.3 is 0 Å². The smallest absolute Gasteiger partial charge is 0.297 e. The maximum atomic E-state index is 12.9. The molecule has 0 aliphatic heterocycles. The van der Waals surface area contributed by atoms with Gasteiger partial charge in [-0.25, -0.2) is 0 Å². The van der Waals surface area contributed by atoms with E-state index in [0.29, 0.717) is 18.4 Å². The Morgan fingerprint density at radius 1 is 0.962 bits per heavy atom. The molecule has 0 heterocycles. The van der Waals surface area contributed by atoms with Crippen LogP contribution in [0.2, 0.25) is 0 Å². The summed E-state index contributed by atoms with van der Waals surface area (Å²) in [6.07, 6.45) is -8.72. The Morgan fingerprint density at radius 2 is 1.42 bits per heavy atom. The van der Waals surface area contributed by atoms with Crippen molar-refractivity contribution < 1.29 is 26.3 Å². The maximum Gasteiger partial charge on any atom is 0.416 e. The van der Waals surface area contributed by atoms with Crippen LogP contribution in [0.5, 0.6) is 0 Å². The Bertz CT molecular complexity index is 617. The Kier molecular flexibility index (Phi) is 6.71. The molecule has 1 aromatic carbocycles. The second-order valence-electron chi connectivity index (χ2n) is 7.44. The van der Waals surface area contributed by atoms with Crippen LogP contribution in [-0.4, -0.2) is 12.8 Å². The zero-order valence-electron chi connectivity index (χ0n) is 15.1. The van der Waals surface area contributed by atoms with E-state index in [4.69, 9.17) is 0 Å². The lowest BCUT2D eigenvalue weighted by molar-refractivity contribution is -0.143. The van der Waals surface area contributed by atoms with Crippen molar-refractivity contribution in [3.63, 3.8) is 0 Å². The Labute approximate surface area is 149 Å². The van der Waals surface area contributed by atoms with E-state index in [0.717, 1.165) is 12.1 Å². The third-order valence-corrected chi connectivity index (χ3v) is 4.09. The second-order valence-corrected chi connectivity index (χ2v) is 7.44. The average molecular weight is 379 g/mol. The van der Waals surface area contributed by atoms with E-state index in [-0.39, 0.29) is 29.5 Å². The zero-order valence-corrected chi connectivity index (χ0v) is 15.1. The van der Waals surface area contributed by atoms with Gasteiger partial charge in [0.25, 0.3) is 0 Å². The van der Waals surface area contributed by atoms with E-state index >= 15 is 0 Å². The van der Waals surface area contributed by atoms with Crippen LogP contribution < -0.4 is 0 Å². The molecule has 0 aliphatic carbocycles. The van der Waals surface area contributed by atoms with Gasteiger partial charge in [-0.1, -0.05) is 32.9 Å². The molecule has 0 N–H and O–H groups in total. The van der Waals surface area contributed by atoms with E-state index in [1.54, 1.807) is 0 Å². The van der Waals surface area contributed by atoms with Gasteiger partial charge in [0.15, 0.2) is 0 Å². The molecule has 1 atom stereocenters. The van der Waals surface area contributed by atoms with Gasteiger partial charge in [-0.15, -0.1) is 0 Å². The molecule has 1 aromatic rings. The lowest BCUT2D eigenvalue weighted by Crippen LogP contribution is -2.24. The van der Waals surface area contributed by atoms with Crippen molar-refractivity contribution in [1.29, 1.82) is 0 Å². The van der Waals surface area contributed by atoms with Gasteiger partial charge in [-0.2, -0.15) is 26.3 Å². The van der Waals surface area contributed by atoms with Gasteiger partial charge in [0.1, 0.15) is 0 Å². The summed E-state index contributed by atoms with van der Waals surface area (Å²) in [5.74, 6) is 0. The third-order valence-electron chi connectivity index (χ3n) is 4.09. The van der Waals surface area contributed by atoms with Gasteiger partial charge in [0.05, 0.1) is 17.2 Å². The molecule has 7 heteroatoms. The monoisotopic (exact) mass is 379 g/mol. The highest BCUT2D eigenvalue weighted by molar-refractivity contribution is 5.35. The Morgan fingerprint density at radius 3 is 1.77 bits per heavy atom. The molecule has 0 saturated heterocycles. The lowest BCUT2D eigenvalue weighted by Gasteiger charge is -2.27. The fourth-order valence-corrected chi connectivity index (χ4v) is 2.64. The largest absolute Gasteiger partial charge is 0.416 e. The summed E-state index contributed by atoms with van der Waals surface area (Å²) >= 11 is 0. The number of hydrogen-bond acceptors (Lipinski definition) is 1. The summed E-state index contributed by atoms with van der Waals surface area (Å²) in [6.45, 7) is 13.3. The predicted molar refractivity (Wildman–Crippen MR) is 91.3 cm³/mol. The van der Waals surface area contributed by atoms with Crippen molar-refractivity contribution in [2.24, 2.45) is 10.4 Å². The van der Waals surface area contributed by atoms with Gasteiger partial charge >= 0.3 is 12.4 Å². The minimum Gasteiger partial charge on any atom is -0.297 e. The van der Waals surface area contributed by atoms with Crippen molar-refractivity contribution in [2.75, 3.05) is 0 Å². The van der Waals surface area contributed by atoms with Crippen LogP contribution in [-0.2, 0) is 18.8 Å². The molecule has 0 bridgehead atoms. The number of allylic oxidation sites excluding steroid dienone is 1. The van der Waals surface area contributed by atoms with E-state index in [1.165, 1.54) is 0 Å². The third kappa shape index (κ3) is 6.50. The van der Waals surface area contributed by atoms with E-state index in [9.17, 15) is 26.3 Å². The summed E-state index contributed by atoms with van der Waals surface area (Å²) in [5, 5.41) is 0. The number of aliphatic imine (C=N–C) groups is 1. The first-order valence-corrected chi connectivity index (χ1v) is 8.05. The molecule has 0 radical (unpaired) electrons. The number of benzene rings is 1. The summed E-state index contributed by atoms with van der Waals surface area (Å²) in [7, 11) is 0. The van der Waals surface area contributed by atoms with Crippen LogP contribution in [0.15, 0.2) is 35.3 Å². The normalized spacial score (nSPS) is 14.2. The van der Waals surface area contributed by atoms with Gasteiger partial charge in [-0.05, 0) is 55.2 Å². The molecular formula is C19H23F6N. The summed E-state index contributed by atoms with van der Waals surface area (Å²) in [5.41, 5.74) is -2.26. The van der Waals surface area contributed by atoms with Gasteiger partial charge in [0, 0.05) is 0 Å². The Hall–Kier alpha value is -1.79. The van der Waals surface area contributed by atoms with Crippen LogP contribution in [0.1, 0.15) is 50.3 Å². The minimum absolute atomic E-state index is 0.0546. The molecular weight excluding hydrogens is 356 g/mol. The van der Waals surface area contributed by atoms with E-state index in [1.807, 2.05) is 20.8 Å². The fraction of sp³-hybridized carbons (Fsp3) is 0.526. The van der Waals surface area contributed by atoms with Crippen LogP contribution in [0, 0.1) is 5.41 Å². The topological polar surface area (TPSA) is 12.4 Å². The molecule has 0 spiro atoms. The quantitative estimate of drug-likeness (QED) is 0.296. The number of halogens is 6. The van der Waals surface area contributed by atoms with Crippen LogP contribution in [0.4, 0.5) is 26.3 Å². The number of nitrogens with zero attached hydrogens (tertiary/aromatic N) is 1. The summed E-state index contributed by atoms with van der Waals surface area (Å²) in [4.78, 5) is 4.04. The first kappa shape index (κ1) is 22.3. The fourth-order valence-electron chi connectivity index (χ4n) is 2.64. The van der Waals surface area contributed by atoms with Crippen molar-refractivity contribution in [3.05, 3.63) is 47.0 Å². The first-order chi connectivity index (χ1) is 11.6. The highest BCUT2D eigenvalue weighted by Gasteiger charge is 2.36. The number of rotatable bonds is 6. The van der Waals surface area contributed by atoms with Crippen LogP contribution in [0.25, 0.3) is 0 Å². The Balaban J connectivity index is 2.98. The van der Waals surface area contributed by atoms with Crippen molar-refractivity contribution in [1.82, 2.24) is 0 Å². The van der Waals surface area contributed by atoms with Crippen molar-refractivity contribution >= 4 is 6.72 Å². The summed E-state index contributed by atoms with van der Waals surface area (Å²) in [6, 6.07) is 1.54. The van der Waals surface area contributed by atoms with Crippen LogP contribution >= 0.6 is 0 Å². The maximum absolute atomic E-state index is 12.9. The average Bonchev–Trinajstić information content (AvgIpc) is 2.44. The summed E-state index contributed by atoms with van der Waals surface area (Å²) < 4.78 is 77.4. The first-order valence-electron chi connectivity index (χ1n) is 8.05. The van der Waals surface area contributed by atoms with Gasteiger partial charge in [0.2, 0.25) is 0 Å². The molecule has 26 heavy (non-hydrogen) atoms.